The molecule has 1 aliphatic carbocycles. The van der Waals surface area contributed by atoms with E-state index in [-0.39, 0.29) is 10.7 Å². The minimum atomic E-state index is -1.39. The third kappa shape index (κ3) is 1.89. The van der Waals surface area contributed by atoms with Gasteiger partial charge in [-0.15, -0.1) is 0 Å². The Morgan fingerprint density at radius 3 is 2.38 bits per heavy atom. The SMILES string of the molecule is CC(NC1=C(S(C)=O)C(=O)C1(C)C)C(=O)O. The van der Waals surface area contributed by atoms with Crippen molar-refractivity contribution in [3.05, 3.63) is 10.6 Å². The van der Waals surface area contributed by atoms with Crippen molar-refractivity contribution in [3.8, 4) is 0 Å². The number of carbonyl (C=O) groups excluding carboxylic acids is 1. The molecule has 1 rings (SSSR count). The number of hydrogen-bond acceptors (Lipinski definition) is 4. The van der Waals surface area contributed by atoms with Crippen molar-refractivity contribution in [3.63, 3.8) is 0 Å². The van der Waals surface area contributed by atoms with Crippen LogP contribution in [0.5, 0.6) is 0 Å². The molecule has 90 valence electrons. The van der Waals surface area contributed by atoms with Crippen LogP contribution in [0.4, 0.5) is 0 Å². The number of carbonyl (C=O) groups is 2. The fourth-order valence-electron chi connectivity index (χ4n) is 1.53. The van der Waals surface area contributed by atoms with Gasteiger partial charge in [0.1, 0.15) is 10.9 Å². The van der Waals surface area contributed by atoms with Crippen LogP contribution < -0.4 is 5.32 Å². The van der Waals surface area contributed by atoms with E-state index in [2.05, 4.69) is 5.32 Å². The third-order valence-corrected chi connectivity index (χ3v) is 3.61. The number of carboxylic acid groups (broad SMARTS) is 1. The average Bonchev–Trinajstić information content (AvgIpc) is 2.15. The molecular formula is C10H15NO4S. The summed E-state index contributed by atoms with van der Waals surface area (Å²) in [6.45, 7) is 4.84. The Bertz CT molecular complexity index is 411. The van der Waals surface area contributed by atoms with Gasteiger partial charge in [-0.1, -0.05) is 0 Å². The number of hydrogen-bond donors (Lipinski definition) is 2. The Hall–Kier alpha value is -1.17. The fraction of sp³-hybridized carbons (Fsp3) is 0.600. The zero-order valence-corrected chi connectivity index (χ0v) is 10.5. The molecule has 0 spiro atoms. The van der Waals surface area contributed by atoms with E-state index in [9.17, 15) is 13.8 Å². The zero-order valence-electron chi connectivity index (χ0n) is 9.66. The summed E-state index contributed by atoms with van der Waals surface area (Å²) in [7, 11) is -1.39. The van der Waals surface area contributed by atoms with Gasteiger partial charge in [-0.25, -0.2) is 0 Å². The number of allylic oxidation sites excluding steroid dienone is 2. The molecular weight excluding hydrogens is 230 g/mol. The lowest BCUT2D eigenvalue weighted by molar-refractivity contribution is -0.139. The van der Waals surface area contributed by atoms with E-state index in [0.29, 0.717) is 5.70 Å². The van der Waals surface area contributed by atoms with Crippen LogP contribution in [0.2, 0.25) is 0 Å². The van der Waals surface area contributed by atoms with Gasteiger partial charge >= 0.3 is 5.97 Å². The highest BCUT2D eigenvalue weighted by atomic mass is 32.2. The minimum Gasteiger partial charge on any atom is -0.480 e. The van der Waals surface area contributed by atoms with E-state index in [0.717, 1.165) is 0 Å². The van der Waals surface area contributed by atoms with Crippen LogP contribution >= 0.6 is 0 Å². The molecule has 1 aliphatic rings. The molecule has 0 amide bonds. The van der Waals surface area contributed by atoms with Crippen LogP contribution in [-0.2, 0) is 20.4 Å². The Labute approximate surface area is 96.4 Å². The Morgan fingerprint density at radius 2 is 2.00 bits per heavy atom. The zero-order chi connectivity index (χ0) is 12.7. The molecule has 2 N–H and O–H groups in total. The number of carboxylic acids is 1. The van der Waals surface area contributed by atoms with Gasteiger partial charge in [0.25, 0.3) is 0 Å². The summed E-state index contributed by atoms with van der Waals surface area (Å²) in [6.07, 6.45) is 1.41. The summed E-state index contributed by atoms with van der Waals surface area (Å²) < 4.78 is 11.3. The second kappa shape index (κ2) is 4.01. The van der Waals surface area contributed by atoms with E-state index in [4.69, 9.17) is 5.11 Å². The number of Topliss-reactive ketones (excluding diaryl/α,β-unsaturated/α-hetero) is 1. The van der Waals surface area contributed by atoms with Gasteiger partial charge in [0.15, 0.2) is 5.78 Å². The Kier molecular flexibility index (Phi) is 3.23. The quantitative estimate of drug-likeness (QED) is 0.741. The lowest BCUT2D eigenvalue weighted by atomic mass is 9.74. The van der Waals surface area contributed by atoms with Crippen molar-refractivity contribution < 1.29 is 18.9 Å². The van der Waals surface area contributed by atoms with Gasteiger partial charge in [-0.05, 0) is 20.8 Å². The molecule has 2 unspecified atom stereocenters. The molecule has 5 nitrogen and oxygen atoms in total. The van der Waals surface area contributed by atoms with Crippen molar-refractivity contribution in [2.75, 3.05) is 6.26 Å². The predicted octanol–water partition coefficient (Wildman–Crippen LogP) is 0.248. The van der Waals surface area contributed by atoms with Crippen molar-refractivity contribution in [2.24, 2.45) is 5.41 Å². The summed E-state index contributed by atoms with van der Waals surface area (Å²) in [5.74, 6) is -1.20. The average molecular weight is 245 g/mol. The van der Waals surface area contributed by atoms with E-state index in [1.165, 1.54) is 13.2 Å². The second-order valence-corrected chi connectivity index (χ2v) is 5.63. The summed E-state index contributed by atoms with van der Waals surface area (Å²) in [5, 5.41) is 11.5. The Morgan fingerprint density at radius 1 is 1.50 bits per heavy atom. The standard InChI is InChI=1S/C10H15NO4S/c1-5(9(13)14)11-7-6(16(4)15)8(12)10(7,2)3/h5,11H,1-4H3,(H,13,14). The lowest BCUT2D eigenvalue weighted by Crippen LogP contribution is -2.50. The largest absolute Gasteiger partial charge is 0.480 e. The fourth-order valence-corrected chi connectivity index (χ4v) is 2.65. The molecule has 6 heteroatoms. The Balaban J connectivity index is 3.04. The molecule has 0 aromatic heterocycles. The number of ketones is 1. The molecule has 16 heavy (non-hydrogen) atoms. The molecule has 0 heterocycles. The van der Waals surface area contributed by atoms with Crippen molar-refractivity contribution in [2.45, 2.75) is 26.8 Å². The third-order valence-electron chi connectivity index (χ3n) is 2.64. The highest BCUT2D eigenvalue weighted by molar-refractivity contribution is 7.89. The van der Waals surface area contributed by atoms with E-state index in [1.807, 2.05) is 0 Å². The first-order chi connectivity index (χ1) is 7.19. The van der Waals surface area contributed by atoms with Gasteiger partial charge < -0.3 is 10.4 Å². The first-order valence-electron chi connectivity index (χ1n) is 4.82. The minimum absolute atomic E-state index is 0.187. The van der Waals surface area contributed by atoms with Gasteiger partial charge in [0, 0.05) is 12.0 Å². The molecule has 0 aromatic rings. The molecule has 0 bridgehead atoms. The summed E-state index contributed by atoms with van der Waals surface area (Å²) >= 11 is 0. The second-order valence-electron chi connectivity index (χ2n) is 4.32. The highest BCUT2D eigenvalue weighted by Gasteiger charge is 2.48. The molecule has 0 aliphatic heterocycles. The predicted molar refractivity (Wildman–Crippen MR) is 60.1 cm³/mol. The number of aliphatic carboxylic acids is 1. The summed E-state index contributed by atoms with van der Waals surface area (Å²) in [4.78, 5) is 22.6. The lowest BCUT2D eigenvalue weighted by Gasteiger charge is -2.39. The molecule has 2 atom stereocenters. The monoisotopic (exact) mass is 245 g/mol. The highest BCUT2D eigenvalue weighted by Crippen LogP contribution is 2.41. The van der Waals surface area contributed by atoms with Crippen LogP contribution in [0.15, 0.2) is 10.6 Å². The topological polar surface area (TPSA) is 83.5 Å². The smallest absolute Gasteiger partial charge is 0.325 e. The van der Waals surface area contributed by atoms with Gasteiger partial charge in [-0.3, -0.25) is 13.8 Å². The van der Waals surface area contributed by atoms with Crippen LogP contribution in [0.25, 0.3) is 0 Å². The van der Waals surface area contributed by atoms with Crippen LogP contribution in [0.3, 0.4) is 0 Å². The first-order valence-corrected chi connectivity index (χ1v) is 6.37. The maximum atomic E-state index is 11.6. The van der Waals surface area contributed by atoms with Crippen LogP contribution in [-0.4, -0.2) is 33.4 Å². The van der Waals surface area contributed by atoms with Crippen molar-refractivity contribution >= 4 is 22.6 Å². The maximum Gasteiger partial charge on any atom is 0.325 e. The van der Waals surface area contributed by atoms with Crippen LogP contribution in [0, 0.1) is 5.41 Å². The molecule has 0 aromatic carbocycles. The molecule has 0 radical (unpaired) electrons. The molecule has 0 fully saturated rings. The van der Waals surface area contributed by atoms with Gasteiger partial charge in [-0.2, -0.15) is 0 Å². The normalized spacial score (nSPS) is 22.4. The number of nitrogens with one attached hydrogen (secondary N) is 1. The van der Waals surface area contributed by atoms with Crippen molar-refractivity contribution in [1.29, 1.82) is 0 Å². The van der Waals surface area contributed by atoms with E-state index >= 15 is 0 Å². The summed E-state index contributed by atoms with van der Waals surface area (Å²) in [6, 6.07) is -0.805. The first kappa shape index (κ1) is 12.9. The maximum absolute atomic E-state index is 11.6. The molecule has 0 saturated carbocycles. The van der Waals surface area contributed by atoms with Crippen LogP contribution in [0.1, 0.15) is 20.8 Å². The van der Waals surface area contributed by atoms with Gasteiger partial charge in [0.2, 0.25) is 0 Å². The van der Waals surface area contributed by atoms with E-state index in [1.54, 1.807) is 13.8 Å². The van der Waals surface area contributed by atoms with Crippen molar-refractivity contribution in [1.82, 2.24) is 5.32 Å². The van der Waals surface area contributed by atoms with E-state index < -0.39 is 28.2 Å². The summed E-state index contributed by atoms with van der Waals surface area (Å²) in [5.41, 5.74) is -0.279. The molecule has 0 saturated heterocycles. The van der Waals surface area contributed by atoms with Gasteiger partial charge in [0.05, 0.1) is 16.2 Å². The number of rotatable bonds is 4.